The molecule has 0 saturated carbocycles. The highest BCUT2D eigenvalue weighted by molar-refractivity contribution is 5.40. The van der Waals surface area contributed by atoms with Crippen LogP contribution < -0.4 is 10.1 Å². The predicted molar refractivity (Wildman–Crippen MR) is 110 cm³/mol. The maximum absolute atomic E-state index is 6.19. The van der Waals surface area contributed by atoms with Gasteiger partial charge in [-0.15, -0.1) is 0 Å². The summed E-state index contributed by atoms with van der Waals surface area (Å²) in [5, 5.41) is 2.44. The minimum atomic E-state index is -0.0570. The van der Waals surface area contributed by atoms with Crippen molar-refractivity contribution in [3.63, 3.8) is 0 Å². The average Bonchev–Trinajstić information content (AvgIpc) is 2.72. The molecule has 1 heterocycles. The van der Waals surface area contributed by atoms with Gasteiger partial charge in [0, 0.05) is 29.6 Å². The van der Waals surface area contributed by atoms with Crippen LogP contribution in [0.3, 0.4) is 0 Å². The zero-order valence-corrected chi connectivity index (χ0v) is 17.0. The van der Waals surface area contributed by atoms with Crippen molar-refractivity contribution in [1.82, 2.24) is 0 Å². The summed E-state index contributed by atoms with van der Waals surface area (Å²) in [5.74, 6) is 1.01. The van der Waals surface area contributed by atoms with Gasteiger partial charge in [0.05, 0.1) is 19.3 Å². The van der Waals surface area contributed by atoms with E-state index < -0.39 is 0 Å². The van der Waals surface area contributed by atoms with Crippen molar-refractivity contribution in [3.05, 3.63) is 65.7 Å². The Morgan fingerprint density at radius 3 is 2.56 bits per heavy atom. The van der Waals surface area contributed by atoms with Crippen LogP contribution in [0.2, 0.25) is 0 Å². The second kappa shape index (κ2) is 8.90. The molecule has 3 heteroatoms. The molecule has 2 aromatic rings. The summed E-state index contributed by atoms with van der Waals surface area (Å²) < 4.78 is 11.9. The molecule has 0 unspecified atom stereocenters. The number of quaternary nitrogens is 1. The third kappa shape index (κ3) is 4.72. The van der Waals surface area contributed by atoms with Crippen LogP contribution in [-0.4, -0.2) is 25.9 Å². The largest absolute Gasteiger partial charge is 0.496 e. The molecule has 0 aromatic heterocycles. The number of methoxy groups -OCH3 is 1. The van der Waals surface area contributed by atoms with Gasteiger partial charge in [-0.05, 0) is 32.3 Å². The first kappa shape index (κ1) is 19.9. The van der Waals surface area contributed by atoms with Crippen molar-refractivity contribution < 1.29 is 14.8 Å². The fourth-order valence-corrected chi connectivity index (χ4v) is 4.50. The van der Waals surface area contributed by atoms with Gasteiger partial charge in [0.25, 0.3) is 0 Å². The van der Waals surface area contributed by atoms with Crippen molar-refractivity contribution >= 4 is 0 Å². The van der Waals surface area contributed by atoms with Gasteiger partial charge in [-0.1, -0.05) is 55.5 Å². The van der Waals surface area contributed by atoms with Crippen LogP contribution in [0.1, 0.15) is 50.7 Å². The highest BCUT2D eigenvalue weighted by Crippen LogP contribution is 2.47. The molecule has 0 aliphatic carbocycles. The van der Waals surface area contributed by atoms with Crippen LogP contribution in [0, 0.1) is 0 Å². The molecule has 146 valence electrons. The fourth-order valence-electron chi connectivity index (χ4n) is 4.50. The predicted octanol–water partition coefficient (Wildman–Crippen LogP) is 4.07. The van der Waals surface area contributed by atoms with E-state index in [9.17, 15) is 0 Å². The van der Waals surface area contributed by atoms with Gasteiger partial charge < -0.3 is 14.8 Å². The Kier molecular flexibility index (Phi) is 6.56. The first-order valence-electron chi connectivity index (χ1n) is 10.2. The quantitative estimate of drug-likeness (QED) is 0.713. The van der Waals surface area contributed by atoms with Crippen LogP contribution in [-0.2, 0) is 16.7 Å². The van der Waals surface area contributed by atoms with E-state index in [-0.39, 0.29) is 11.0 Å². The van der Waals surface area contributed by atoms with E-state index in [0.717, 1.165) is 51.1 Å². The number of hydrogen-bond acceptors (Lipinski definition) is 2. The highest BCUT2D eigenvalue weighted by atomic mass is 16.5. The summed E-state index contributed by atoms with van der Waals surface area (Å²) in [6.07, 6.45) is 4.29. The fraction of sp³-hybridized carbons (Fsp3) is 0.500. The molecular formula is C24H34NO2+. The molecular weight excluding hydrogens is 334 g/mol. The van der Waals surface area contributed by atoms with Crippen LogP contribution >= 0.6 is 0 Å². The summed E-state index contributed by atoms with van der Waals surface area (Å²) in [5.41, 5.74) is 2.79. The molecule has 2 aromatic carbocycles. The molecule has 1 fully saturated rings. The first-order chi connectivity index (χ1) is 13.1. The standard InChI is InChI=1S/C24H33NO2/c1-4-23(2)19-24(15-17-27-23,21-12-8-9-13-22(21)26-3)14-16-25-18-20-10-6-5-7-11-20/h5-13,25H,4,14-19H2,1-3H3/p+1/t23-,24+/m1/s1. The smallest absolute Gasteiger partial charge is 0.122 e. The lowest BCUT2D eigenvalue weighted by Crippen LogP contribution is -2.83. The lowest BCUT2D eigenvalue weighted by Gasteiger charge is -2.46. The van der Waals surface area contributed by atoms with Crippen LogP contribution in [0.15, 0.2) is 54.6 Å². The second-order valence-electron chi connectivity index (χ2n) is 8.08. The van der Waals surface area contributed by atoms with E-state index in [1.54, 1.807) is 7.11 Å². The molecule has 0 spiro atoms. The topological polar surface area (TPSA) is 35.1 Å². The van der Waals surface area contributed by atoms with Crippen molar-refractivity contribution in [3.8, 4) is 5.75 Å². The Hall–Kier alpha value is -1.84. The lowest BCUT2D eigenvalue weighted by molar-refractivity contribution is -0.672. The Morgan fingerprint density at radius 1 is 1.07 bits per heavy atom. The molecule has 3 rings (SSSR count). The number of para-hydroxylation sites is 1. The van der Waals surface area contributed by atoms with Crippen LogP contribution in [0.25, 0.3) is 0 Å². The lowest BCUT2D eigenvalue weighted by atomic mass is 9.66. The molecule has 1 saturated heterocycles. The molecule has 0 amide bonds. The van der Waals surface area contributed by atoms with Crippen LogP contribution in [0.5, 0.6) is 5.75 Å². The van der Waals surface area contributed by atoms with E-state index in [0.29, 0.717) is 0 Å². The maximum Gasteiger partial charge on any atom is 0.122 e. The summed E-state index contributed by atoms with van der Waals surface area (Å²) in [6.45, 7) is 7.46. The number of rotatable bonds is 8. The minimum absolute atomic E-state index is 0.0570. The summed E-state index contributed by atoms with van der Waals surface area (Å²) in [4.78, 5) is 0. The first-order valence-corrected chi connectivity index (χ1v) is 10.2. The zero-order valence-electron chi connectivity index (χ0n) is 17.0. The molecule has 0 radical (unpaired) electrons. The summed E-state index contributed by atoms with van der Waals surface area (Å²) in [7, 11) is 1.78. The summed E-state index contributed by atoms with van der Waals surface area (Å²) in [6, 6.07) is 19.3. The Labute approximate surface area is 164 Å². The van der Waals surface area contributed by atoms with E-state index in [2.05, 4.69) is 73.8 Å². The van der Waals surface area contributed by atoms with Gasteiger partial charge in [-0.3, -0.25) is 0 Å². The average molecular weight is 369 g/mol. The summed E-state index contributed by atoms with van der Waals surface area (Å²) >= 11 is 0. The number of hydrogen-bond donors (Lipinski definition) is 1. The van der Waals surface area contributed by atoms with Crippen molar-refractivity contribution in [2.45, 2.75) is 57.1 Å². The van der Waals surface area contributed by atoms with E-state index in [1.807, 2.05) is 0 Å². The van der Waals surface area contributed by atoms with E-state index >= 15 is 0 Å². The molecule has 1 aliphatic rings. The van der Waals surface area contributed by atoms with Crippen molar-refractivity contribution in [1.29, 1.82) is 0 Å². The van der Waals surface area contributed by atoms with Crippen molar-refractivity contribution in [2.75, 3.05) is 20.3 Å². The van der Waals surface area contributed by atoms with Gasteiger partial charge in [0.1, 0.15) is 12.3 Å². The van der Waals surface area contributed by atoms with Gasteiger partial charge in [-0.25, -0.2) is 0 Å². The molecule has 3 nitrogen and oxygen atoms in total. The molecule has 1 aliphatic heterocycles. The van der Waals surface area contributed by atoms with E-state index in [1.165, 1.54) is 11.1 Å². The normalized spacial score (nSPS) is 25.3. The molecule has 0 bridgehead atoms. The number of benzene rings is 2. The molecule has 2 N–H and O–H groups in total. The second-order valence-corrected chi connectivity index (χ2v) is 8.08. The maximum atomic E-state index is 6.19. The minimum Gasteiger partial charge on any atom is -0.496 e. The van der Waals surface area contributed by atoms with Gasteiger partial charge in [0.15, 0.2) is 0 Å². The van der Waals surface area contributed by atoms with E-state index in [4.69, 9.17) is 9.47 Å². The zero-order chi connectivity index (χ0) is 19.2. The van der Waals surface area contributed by atoms with Gasteiger partial charge in [0.2, 0.25) is 0 Å². The third-order valence-electron chi connectivity index (χ3n) is 6.22. The number of ether oxygens (including phenoxy) is 2. The Balaban J connectivity index is 1.78. The number of nitrogens with two attached hydrogens (primary N) is 1. The molecule has 27 heavy (non-hydrogen) atoms. The highest BCUT2D eigenvalue weighted by Gasteiger charge is 2.44. The SMILES string of the molecule is CC[C@]1(C)C[C@@](CC[NH2+]Cc2ccccc2)(c2ccccc2OC)CCO1. The van der Waals surface area contributed by atoms with Crippen molar-refractivity contribution in [2.24, 2.45) is 0 Å². The Bertz CT molecular complexity index is 717. The van der Waals surface area contributed by atoms with Gasteiger partial charge >= 0.3 is 0 Å². The van der Waals surface area contributed by atoms with Gasteiger partial charge in [-0.2, -0.15) is 0 Å². The molecule has 2 atom stereocenters. The third-order valence-corrected chi connectivity index (χ3v) is 6.22. The van der Waals surface area contributed by atoms with Crippen LogP contribution in [0.4, 0.5) is 0 Å². The Morgan fingerprint density at radius 2 is 1.81 bits per heavy atom. The monoisotopic (exact) mass is 368 g/mol.